The van der Waals surface area contributed by atoms with Gasteiger partial charge in [0.1, 0.15) is 5.82 Å². The summed E-state index contributed by atoms with van der Waals surface area (Å²) in [6.45, 7) is 1.83. The van der Waals surface area contributed by atoms with Gasteiger partial charge in [0, 0.05) is 0 Å². The van der Waals surface area contributed by atoms with Gasteiger partial charge in [0.15, 0.2) is 16.7 Å². The van der Waals surface area contributed by atoms with Gasteiger partial charge in [-0.15, -0.1) is 12.6 Å². The van der Waals surface area contributed by atoms with Crippen molar-refractivity contribution >= 4 is 35.3 Å². The smallest absolute Gasteiger partial charge is 0.301 e. The summed E-state index contributed by atoms with van der Waals surface area (Å²) in [7, 11) is 0. The van der Waals surface area contributed by atoms with E-state index in [1.165, 1.54) is 0 Å². The van der Waals surface area contributed by atoms with Gasteiger partial charge in [-0.1, -0.05) is 6.92 Å². The highest BCUT2D eigenvalue weighted by molar-refractivity contribution is 7.96. The van der Waals surface area contributed by atoms with Gasteiger partial charge in [-0.25, -0.2) is 9.97 Å². The number of nitrogens with zero attached hydrogens (tertiary/aromatic N) is 3. The van der Waals surface area contributed by atoms with E-state index < -0.39 is 5.91 Å². The van der Waals surface area contributed by atoms with E-state index in [1.807, 2.05) is 6.92 Å². The van der Waals surface area contributed by atoms with Gasteiger partial charge in [-0.3, -0.25) is 4.79 Å². The third-order valence-electron chi connectivity index (χ3n) is 1.78. The van der Waals surface area contributed by atoms with Crippen LogP contribution in [0, 0.1) is 0 Å². The van der Waals surface area contributed by atoms with Crippen LogP contribution >= 0.6 is 12.6 Å². The van der Waals surface area contributed by atoms with Crippen LogP contribution in [0.5, 0.6) is 0 Å². The summed E-state index contributed by atoms with van der Waals surface area (Å²) < 4.78 is 0. The van der Waals surface area contributed by atoms with Crippen molar-refractivity contribution in [1.29, 1.82) is 0 Å². The second-order valence-corrected chi connectivity index (χ2v) is 3.38. The van der Waals surface area contributed by atoms with Gasteiger partial charge in [0.05, 0.1) is 5.69 Å². The molecule has 7 nitrogen and oxygen atoms in total. The lowest BCUT2D eigenvalue weighted by atomic mass is 10.3. The molecule has 0 radical (unpaired) electrons. The lowest BCUT2D eigenvalue weighted by Crippen LogP contribution is -2.14. The van der Waals surface area contributed by atoms with E-state index in [0.29, 0.717) is 12.1 Å². The molecule has 0 aromatic carbocycles. The molecular formula is C8H12N6OS. The number of rotatable bonds is 2. The Labute approximate surface area is 97.6 Å². The number of aromatic nitrogens is 2. The highest BCUT2D eigenvalue weighted by atomic mass is 32.1. The normalized spacial score (nSPS) is 11.5. The zero-order valence-electron chi connectivity index (χ0n) is 8.64. The molecule has 0 aliphatic heterocycles. The molecule has 8 heteroatoms. The SMILES string of the molecule is CCc1nc(C(=O)/N=C(\N)S)c(N)nc1N. The van der Waals surface area contributed by atoms with Crippen LogP contribution in [0.15, 0.2) is 4.99 Å². The van der Waals surface area contributed by atoms with Gasteiger partial charge in [0.2, 0.25) is 0 Å². The third kappa shape index (κ3) is 2.60. The first-order valence-corrected chi connectivity index (χ1v) is 4.89. The quantitative estimate of drug-likeness (QED) is 0.315. The molecule has 0 atom stereocenters. The van der Waals surface area contributed by atoms with Gasteiger partial charge in [-0.05, 0) is 6.42 Å². The third-order valence-corrected chi connectivity index (χ3v) is 1.88. The molecule has 0 unspecified atom stereocenters. The van der Waals surface area contributed by atoms with E-state index in [4.69, 9.17) is 17.2 Å². The summed E-state index contributed by atoms with van der Waals surface area (Å²) in [5.74, 6) is -0.551. The van der Waals surface area contributed by atoms with Crippen molar-refractivity contribution in [2.24, 2.45) is 10.7 Å². The topological polar surface area (TPSA) is 133 Å². The Morgan fingerprint density at radius 3 is 2.50 bits per heavy atom. The molecule has 0 saturated heterocycles. The number of carbonyl (C=O) groups is 1. The highest BCUT2D eigenvalue weighted by Gasteiger charge is 2.15. The number of amides is 1. The number of hydrogen-bond acceptors (Lipinski definition) is 5. The fraction of sp³-hybridized carbons (Fsp3) is 0.250. The Bertz CT molecular complexity index is 454. The van der Waals surface area contributed by atoms with E-state index in [1.54, 1.807) is 0 Å². The Kier molecular flexibility index (Phi) is 3.67. The fourth-order valence-corrected chi connectivity index (χ4v) is 1.16. The van der Waals surface area contributed by atoms with Crippen LogP contribution < -0.4 is 17.2 Å². The Balaban J connectivity index is 3.24. The second kappa shape index (κ2) is 4.79. The number of nitrogen functional groups attached to an aromatic ring is 2. The van der Waals surface area contributed by atoms with Crippen LogP contribution in [0.25, 0.3) is 0 Å². The maximum atomic E-state index is 11.5. The number of aliphatic imine (C=N–C) groups is 1. The van der Waals surface area contributed by atoms with Gasteiger partial charge < -0.3 is 17.2 Å². The zero-order chi connectivity index (χ0) is 12.3. The molecule has 16 heavy (non-hydrogen) atoms. The maximum absolute atomic E-state index is 11.5. The Morgan fingerprint density at radius 1 is 1.38 bits per heavy atom. The van der Waals surface area contributed by atoms with E-state index in [-0.39, 0.29) is 22.5 Å². The Morgan fingerprint density at radius 2 is 2.00 bits per heavy atom. The standard InChI is InChI=1S/C8H12N6OS/c1-2-3-5(9)13-6(10)4(12-3)7(15)14-8(11)16/h2H2,1H3,(H4,9,10,13)(H3,11,14,15,16). The molecule has 1 heterocycles. The van der Waals surface area contributed by atoms with E-state index >= 15 is 0 Å². The maximum Gasteiger partial charge on any atom is 0.301 e. The monoisotopic (exact) mass is 240 g/mol. The summed E-state index contributed by atoms with van der Waals surface area (Å²) in [5, 5.41) is -0.166. The number of carbonyl (C=O) groups excluding carboxylic acids is 1. The molecule has 1 amide bonds. The average Bonchev–Trinajstić information content (AvgIpc) is 2.16. The molecule has 0 fully saturated rings. The molecule has 0 saturated carbocycles. The van der Waals surface area contributed by atoms with Crippen molar-refractivity contribution in [3.8, 4) is 0 Å². The molecule has 1 aromatic rings. The summed E-state index contributed by atoms with van der Waals surface area (Å²) in [4.78, 5) is 22.7. The van der Waals surface area contributed by atoms with Crippen molar-refractivity contribution in [1.82, 2.24) is 9.97 Å². The number of hydrogen-bond donors (Lipinski definition) is 4. The molecule has 0 aliphatic rings. The first-order valence-electron chi connectivity index (χ1n) is 4.45. The summed E-state index contributed by atoms with van der Waals surface area (Å²) in [6, 6.07) is 0. The van der Waals surface area contributed by atoms with Crippen LogP contribution in [0.4, 0.5) is 11.6 Å². The number of anilines is 2. The van der Waals surface area contributed by atoms with E-state index in [0.717, 1.165) is 0 Å². The molecule has 6 N–H and O–H groups in total. The Hall–Kier alpha value is -1.83. The number of thiol groups is 1. The average molecular weight is 240 g/mol. The van der Waals surface area contributed by atoms with Crippen molar-refractivity contribution < 1.29 is 4.79 Å². The molecule has 86 valence electrons. The minimum Gasteiger partial charge on any atom is -0.382 e. The van der Waals surface area contributed by atoms with Crippen molar-refractivity contribution in [2.45, 2.75) is 13.3 Å². The minimum absolute atomic E-state index is 0.0666. The van der Waals surface area contributed by atoms with Gasteiger partial charge in [0.25, 0.3) is 0 Å². The van der Waals surface area contributed by atoms with Crippen molar-refractivity contribution in [2.75, 3.05) is 11.5 Å². The lowest BCUT2D eigenvalue weighted by molar-refractivity contribution is 0.0999. The second-order valence-electron chi connectivity index (χ2n) is 2.92. The molecule has 0 aliphatic carbocycles. The van der Waals surface area contributed by atoms with Crippen LogP contribution in [0.1, 0.15) is 23.1 Å². The van der Waals surface area contributed by atoms with Crippen LogP contribution in [0.3, 0.4) is 0 Å². The molecule has 0 bridgehead atoms. The molecule has 1 aromatic heterocycles. The number of amidine groups is 1. The van der Waals surface area contributed by atoms with Gasteiger partial charge in [-0.2, -0.15) is 4.99 Å². The number of aryl methyl sites for hydroxylation is 1. The number of nitrogens with two attached hydrogens (primary N) is 3. The van der Waals surface area contributed by atoms with Crippen LogP contribution in [-0.4, -0.2) is 21.0 Å². The summed E-state index contributed by atoms with van der Waals surface area (Å²) >= 11 is 3.68. The summed E-state index contributed by atoms with van der Waals surface area (Å²) in [5.41, 5.74) is 16.7. The van der Waals surface area contributed by atoms with E-state index in [9.17, 15) is 4.79 Å². The predicted octanol–water partition coefficient (Wildman–Crippen LogP) is -0.412. The molecule has 0 spiro atoms. The highest BCUT2D eigenvalue weighted by Crippen LogP contribution is 2.14. The summed E-state index contributed by atoms with van der Waals surface area (Å²) in [6.07, 6.45) is 0.541. The van der Waals surface area contributed by atoms with E-state index in [2.05, 4.69) is 27.6 Å². The largest absolute Gasteiger partial charge is 0.382 e. The predicted molar refractivity (Wildman–Crippen MR) is 65.2 cm³/mol. The first kappa shape index (κ1) is 12.2. The van der Waals surface area contributed by atoms with Gasteiger partial charge >= 0.3 is 5.91 Å². The molecular weight excluding hydrogens is 228 g/mol. The van der Waals surface area contributed by atoms with Crippen molar-refractivity contribution in [3.05, 3.63) is 11.4 Å². The van der Waals surface area contributed by atoms with Crippen LogP contribution in [-0.2, 0) is 6.42 Å². The van der Waals surface area contributed by atoms with Crippen molar-refractivity contribution in [3.63, 3.8) is 0 Å². The minimum atomic E-state index is -0.688. The molecule has 1 rings (SSSR count). The first-order chi connectivity index (χ1) is 7.45. The fourth-order valence-electron chi connectivity index (χ4n) is 1.07. The lowest BCUT2D eigenvalue weighted by Gasteiger charge is -2.05. The zero-order valence-corrected chi connectivity index (χ0v) is 9.53. The van der Waals surface area contributed by atoms with Crippen LogP contribution in [0.2, 0.25) is 0 Å².